The molecule has 0 amide bonds. The highest BCUT2D eigenvalue weighted by atomic mass is 32.1. The molecule has 1 aliphatic rings. The van der Waals surface area contributed by atoms with Crippen LogP contribution in [0.25, 0.3) is 0 Å². The Balaban J connectivity index is 1.97. The second-order valence-corrected chi connectivity index (χ2v) is 5.30. The Morgan fingerprint density at radius 3 is 2.93 bits per heavy atom. The normalized spacial score (nSPS) is 16.1. The Kier molecular flexibility index (Phi) is 3.19. The molecule has 1 fully saturated rings. The van der Waals surface area contributed by atoms with Gasteiger partial charge < -0.3 is 5.32 Å². The van der Waals surface area contributed by atoms with E-state index in [2.05, 4.69) is 24.1 Å². The molecule has 3 heteroatoms. The van der Waals surface area contributed by atoms with E-state index in [1.807, 2.05) is 11.3 Å². The molecule has 1 N–H and O–H groups in total. The first-order valence-corrected chi connectivity index (χ1v) is 6.29. The molecule has 0 saturated heterocycles. The maximum absolute atomic E-state index is 4.58. The minimum absolute atomic E-state index is 0.798. The topological polar surface area (TPSA) is 24.9 Å². The lowest BCUT2D eigenvalue weighted by Crippen LogP contribution is -2.15. The van der Waals surface area contributed by atoms with Crippen molar-refractivity contribution in [3.8, 4) is 0 Å². The zero-order valence-corrected chi connectivity index (χ0v) is 9.78. The molecule has 14 heavy (non-hydrogen) atoms. The average molecular weight is 210 g/mol. The molecule has 0 bridgehead atoms. The van der Waals surface area contributed by atoms with Crippen molar-refractivity contribution in [3.05, 3.63) is 15.6 Å². The van der Waals surface area contributed by atoms with E-state index in [0.29, 0.717) is 0 Å². The summed E-state index contributed by atoms with van der Waals surface area (Å²) in [6.07, 6.45) is 5.05. The molecule has 2 rings (SSSR count). The first-order valence-electron chi connectivity index (χ1n) is 5.48. The van der Waals surface area contributed by atoms with Crippen LogP contribution in [0.4, 0.5) is 0 Å². The Morgan fingerprint density at radius 1 is 1.50 bits per heavy atom. The minimum Gasteiger partial charge on any atom is -0.309 e. The van der Waals surface area contributed by atoms with Gasteiger partial charge in [0.25, 0.3) is 0 Å². The van der Waals surface area contributed by atoms with E-state index in [1.54, 1.807) is 0 Å². The van der Waals surface area contributed by atoms with Gasteiger partial charge in [0.05, 0.1) is 10.7 Å². The van der Waals surface area contributed by atoms with Crippen LogP contribution in [0, 0.1) is 6.92 Å². The van der Waals surface area contributed by atoms with Gasteiger partial charge in [-0.1, -0.05) is 13.3 Å². The second kappa shape index (κ2) is 4.41. The van der Waals surface area contributed by atoms with Crippen LogP contribution in [-0.2, 0) is 13.0 Å². The van der Waals surface area contributed by atoms with E-state index in [9.17, 15) is 0 Å². The predicted octanol–water partition coefficient (Wildman–Crippen LogP) is 2.66. The SMILES string of the molecule is CCCc1nc(C)sc1CNC1CC1. The minimum atomic E-state index is 0.798. The smallest absolute Gasteiger partial charge is 0.0900 e. The van der Waals surface area contributed by atoms with E-state index >= 15 is 0 Å². The predicted molar refractivity (Wildman–Crippen MR) is 60.7 cm³/mol. The van der Waals surface area contributed by atoms with Crippen LogP contribution in [-0.4, -0.2) is 11.0 Å². The maximum atomic E-state index is 4.58. The number of hydrogen-bond acceptors (Lipinski definition) is 3. The van der Waals surface area contributed by atoms with Gasteiger partial charge in [0.15, 0.2) is 0 Å². The van der Waals surface area contributed by atoms with Gasteiger partial charge in [-0.15, -0.1) is 11.3 Å². The molecule has 0 spiro atoms. The summed E-state index contributed by atoms with van der Waals surface area (Å²) in [4.78, 5) is 6.03. The van der Waals surface area contributed by atoms with Crippen molar-refractivity contribution in [3.63, 3.8) is 0 Å². The first-order chi connectivity index (χ1) is 6.79. The monoisotopic (exact) mass is 210 g/mol. The molecule has 0 atom stereocenters. The Bertz CT molecular complexity index is 302. The lowest BCUT2D eigenvalue weighted by molar-refractivity contribution is 0.686. The lowest BCUT2D eigenvalue weighted by atomic mass is 10.2. The molecule has 1 aliphatic carbocycles. The Morgan fingerprint density at radius 2 is 2.29 bits per heavy atom. The van der Waals surface area contributed by atoms with Gasteiger partial charge in [-0.2, -0.15) is 0 Å². The van der Waals surface area contributed by atoms with E-state index in [4.69, 9.17) is 0 Å². The van der Waals surface area contributed by atoms with Gasteiger partial charge in [0, 0.05) is 17.5 Å². The summed E-state index contributed by atoms with van der Waals surface area (Å²) in [5, 5.41) is 4.76. The fourth-order valence-corrected chi connectivity index (χ4v) is 2.54. The van der Waals surface area contributed by atoms with Crippen molar-refractivity contribution in [1.29, 1.82) is 0 Å². The number of nitrogens with one attached hydrogen (secondary N) is 1. The van der Waals surface area contributed by atoms with E-state index in [0.717, 1.165) is 19.0 Å². The summed E-state index contributed by atoms with van der Waals surface area (Å²) >= 11 is 1.85. The summed E-state index contributed by atoms with van der Waals surface area (Å²) in [6.45, 7) is 5.35. The third-order valence-corrected chi connectivity index (χ3v) is 3.51. The molecule has 1 heterocycles. The van der Waals surface area contributed by atoms with Gasteiger partial charge in [0.1, 0.15) is 0 Å². The van der Waals surface area contributed by atoms with E-state index in [-0.39, 0.29) is 0 Å². The molecular weight excluding hydrogens is 192 g/mol. The Hall–Kier alpha value is -0.410. The third kappa shape index (κ3) is 2.55. The molecular formula is C11H18N2S. The highest BCUT2D eigenvalue weighted by Crippen LogP contribution is 2.23. The zero-order valence-electron chi connectivity index (χ0n) is 8.97. The summed E-state index contributed by atoms with van der Waals surface area (Å²) < 4.78 is 0. The van der Waals surface area contributed by atoms with Crippen LogP contribution in [0.2, 0.25) is 0 Å². The van der Waals surface area contributed by atoms with Gasteiger partial charge in [-0.3, -0.25) is 0 Å². The van der Waals surface area contributed by atoms with Gasteiger partial charge in [-0.05, 0) is 26.2 Å². The molecule has 0 radical (unpaired) electrons. The van der Waals surface area contributed by atoms with Crippen molar-refractivity contribution in [2.45, 2.75) is 52.1 Å². The highest BCUT2D eigenvalue weighted by molar-refractivity contribution is 7.11. The lowest BCUT2D eigenvalue weighted by Gasteiger charge is -2.01. The van der Waals surface area contributed by atoms with Crippen LogP contribution in [0.3, 0.4) is 0 Å². The quantitative estimate of drug-likeness (QED) is 0.808. The first kappa shape index (κ1) is 10.1. The van der Waals surface area contributed by atoms with Crippen molar-refractivity contribution < 1.29 is 0 Å². The molecule has 0 aromatic carbocycles. The van der Waals surface area contributed by atoms with Gasteiger partial charge in [-0.25, -0.2) is 4.98 Å². The van der Waals surface area contributed by atoms with Gasteiger partial charge >= 0.3 is 0 Å². The average Bonchev–Trinajstić information content (AvgIpc) is 2.90. The molecule has 1 aromatic heterocycles. The van der Waals surface area contributed by atoms with E-state index in [1.165, 1.54) is 34.8 Å². The zero-order chi connectivity index (χ0) is 9.97. The summed E-state index contributed by atoms with van der Waals surface area (Å²) in [5.41, 5.74) is 1.32. The highest BCUT2D eigenvalue weighted by Gasteiger charge is 2.21. The van der Waals surface area contributed by atoms with Crippen LogP contribution in [0.1, 0.15) is 41.8 Å². The number of thiazole rings is 1. The number of rotatable bonds is 5. The standard InChI is InChI=1S/C11H18N2S/c1-3-4-10-11(14-8(2)13-10)7-12-9-5-6-9/h9,12H,3-7H2,1-2H3. The summed E-state index contributed by atoms with van der Waals surface area (Å²) in [5.74, 6) is 0. The second-order valence-electron chi connectivity index (χ2n) is 4.01. The van der Waals surface area contributed by atoms with Crippen LogP contribution in [0.15, 0.2) is 0 Å². The van der Waals surface area contributed by atoms with E-state index < -0.39 is 0 Å². The maximum Gasteiger partial charge on any atom is 0.0900 e. The molecule has 78 valence electrons. The third-order valence-electron chi connectivity index (χ3n) is 2.50. The van der Waals surface area contributed by atoms with Crippen molar-refractivity contribution in [2.24, 2.45) is 0 Å². The number of aryl methyl sites for hydroxylation is 2. The van der Waals surface area contributed by atoms with Crippen molar-refractivity contribution >= 4 is 11.3 Å². The number of aromatic nitrogens is 1. The van der Waals surface area contributed by atoms with Crippen LogP contribution < -0.4 is 5.32 Å². The number of nitrogens with zero attached hydrogens (tertiary/aromatic N) is 1. The fraction of sp³-hybridized carbons (Fsp3) is 0.727. The van der Waals surface area contributed by atoms with Crippen LogP contribution >= 0.6 is 11.3 Å². The largest absolute Gasteiger partial charge is 0.309 e. The summed E-state index contributed by atoms with van der Waals surface area (Å²) in [6, 6.07) is 0.798. The summed E-state index contributed by atoms with van der Waals surface area (Å²) in [7, 11) is 0. The van der Waals surface area contributed by atoms with Crippen molar-refractivity contribution in [1.82, 2.24) is 10.3 Å². The molecule has 0 aliphatic heterocycles. The van der Waals surface area contributed by atoms with Crippen molar-refractivity contribution in [2.75, 3.05) is 0 Å². The van der Waals surface area contributed by atoms with Gasteiger partial charge in [0.2, 0.25) is 0 Å². The molecule has 0 unspecified atom stereocenters. The molecule has 1 aromatic rings. The molecule has 1 saturated carbocycles. The molecule has 2 nitrogen and oxygen atoms in total. The number of hydrogen-bond donors (Lipinski definition) is 1. The Labute approximate surface area is 89.8 Å². The fourth-order valence-electron chi connectivity index (χ4n) is 1.61. The van der Waals surface area contributed by atoms with Crippen LogP contribution in [0.5, 0.6) is 0 Å².